The van der Waals surface area contributed by atoms with E-state index in [0.29, 0.717) is 35.9 Å². The van der Waals surface area contributed by atoms with Crippen LogP contribution in [0.1, 0.15) is 0 Å². The Balaban J connectivity index is 1.45. The van der Waals surface area contributed by atoms with Crippen LogP contribution in [0.4, 0.5) is 16.2 Å². The number of cyclic esters (lactones) is 1. The first kappa shape index (κ1) is 19.1. The van der Waals surface area contributed by atoms with Gasteiger partial charge in [-0.15, -0.1) is 0 Å². The van der Waals surface area contributed by atoms with Crippen molar-refractivity contribution in [2.45, 2.75) is 4.90 Å². The molecule has 0 radical (unpaired) electrons. The number of ether oxygens (including phenoxy) is 1. The summed E-state index contributed by atoms with van der Waals surface area (Å²) in [4.78, 5) is 17.5. The fourth-order valence-electron chi connectivity index (χ4n) is 3.42. The van der Waals surface area contributed by atoms with Crippen LogP contribution in [0.5, 0.6) is 0 Å². The van der Waals surface area contributed by atoms with Crippen LogP contribution in [0.15, 0.2) is 60.0 Å². The fourth-order valence-corrected chi connectivity index (χ4v) is 4.42. The van der Waals surface area contributed by atoms with Crippen LogP contribution in [0.2, 0.25) is 0 Å². The number of hydrogen-bond donors (Lipinski definition) is 1. The molecule has 12 heteroatoms. The molecule has 4 heterocycles. The number of fused-ring (bicyclic) bond motifs is 1. The van der Waals surface area contributed by atoms with E-state index in [2.05, 4.69) is 19.9 Å². The number of nitrogens with zero attached hydrogens (tertiary/aromatic N) is 6. The molecule has 1 saturated heterocycles. The predicted molar refractivity (Wildman–Crippen MR) is 112 cm³/mol. The van der Waals surface area contributed by atoms with Crippen molar-refractivity contribution in [1.82, 2.24) is 24.5 Å². The van der Waals surface area contributed by atoms with Gasteiger partial charge in [0.15, 0.2) is 5.82 Å². The summed E-state index contributed by atoms with van der Waals surface area (Å²) in [5.74, 6) is 0.368. The van der Waals surface area contributed by atoms with Gasteiger partial charge < -0.3 is 4.74 Å². The molecule has 1 N–H and O–H groups in total. The molecule has 5 rings (SSSR count). The molecular weight excluding hydrogens is 422 g/mol. The summed E-state index contributed by atoms with van der Waals surface area (Å²) < 4.78 is 36.4. The lowest BCUT2D eigenvalue weighted by atomic mass is 10.2. The maximum Gasteiger partial charge on any atom is 0.414 e. The van der Waals surface area contributed by atoms with Gasteiger partial charge >= 0.3 is 6.09 Å². The minimum Gasteiger partial charge on any atom is -0.447 e. The second-order valence-electron chi connectivity index (χ2n) is 6.88. The molecule has 1 amide bonds. The summed E-state index contributed by atoms with van der Waals surface area (Å²) >= 11 is 0. The van der Waals surface area contributed by atoms with Crippen LogP contribution in [0.3, 0.4) is 0 Å². The maximum atomic E-state index is 13.0. The number of carbonyl (C=O) groups is 1. The highest BCUT2D eigenvalue weighted by molar-refractivity contribution is 7.92. The average Bonchev–Trinajstić information content (AvgIpc) is 3.49. The lowest BCUT2D eigenvalue weighted by molar-refractivity contribution is 0.181. The van der Waals surface area contributed by atoms with Gasteiger partial charge in [-0.3, -0.25) is 14.3 Å². The molecule has 1 fully saturated rings. The van der Waals surface area contributed by atoms with Crippen LogP contribution >= 0.6 is 0 Å². The molecule has 4 aromatic rings. The molecule has 0 bridgehead atoms. The van der Waals surface area contributed by atoms with Gasteiger partial charge in [0.05, 0.1) is 42.0 Å². The molecule has 3 aromatic heterocycles. The number of pyridine rings is 1. The van der Waals surface area contributed by atoms with Gasteiger partial charge in [-0.1, -0.05) is 12.1 Å². The predicted octanol–water partition coefficient (Wildman–Crippen LogP) is 1.91. The van der Waals surface area contributed by atoms with Crippen molar-refractivity contribution >= 4 is 38.4 Å². The molecule has 31 heavy (non-hydrogen) atoms. The lowest BCUT2D eigenvalue weighted by Crippen LogP contribution is -2.23. The number of aromatic nitrogens is 5. The molecule has 11 nitrogen and oxygen atoms in total. The Morgan fingerprint density at radius 2 is 2.03 bits per heavy atom. The second-order valence-corrected chi connectivity index (χ2v) is 8.56. The molecule has 0 spiro atoms. The number of amides is 1. The standard InChI is InChI=1S/C19H17N7O4S/c1-24-18-13(10-21-24)3-2-4-16(18)23-31(28,29)15-11-22-26(12-15)17-9-14(5-6-20-17)25-7-8-30-19(25)27/h2-6,9-12,23H,7-8H2,1H3. The Kier molecular flexibility index (Phi) is 4.36. The highest BCUT2D eigenvalue weighted by atomic mass is 32.2. The summed E-state index contributed by atoms with van der Waals surface area (Å²) in [6.45, 7) is 0.750. The molecule has 0 atom stereocenters. The first-order valence-corrected chi connectivity index (χ1v) is 10.8. The van der Waals surface area contributed by atoms with E-state index in [0.717, 1.165) is 5.39 Å². The number of benzene rings is 1. The number of hydrogen-bond acceptors (Lipinski definition) is 7. The summed E-state index contributed by atoms with van der Waals surface area (Å²) in [6, 6.07) is 8.59. The Morgan fingerprint density at radius 3 is 2.84 bits per heavy atom. The van der Waals surface area contributed by atoms with Crippen LogP contribution in [0.25, 0.3) is 16.7 Å². The quantitative estimate of drug-likeness (QED) is 0.504. The number of para-hydroxylation sites is 1. The SMILES string of the molecule is Cn1ncc2cccc(NS(=O)(=O)c3cnn(-c4cc(N5CCOC5=O)ccn4)c3)c21. The third kappa shape index (κ3) is 3.36. The Labute approximate surface area is 176 Å². The van der Waals surface area contributed by atoms with Gasteiger partial charge in [-0.05, 0) is 12.1 Å². The zero-order chi connectivity index (χ0) is 21.6. The van der Waals surface area contributed by atoms with Crippen molar-refractivity contribution in [3.63, 3.8) is 0 Å². The Bertz CT molecular complexity index is 1410. The maximum absolute atomic E-state index is 13.0. The van der Waals surface area contributed by atoms with Gasteiger partial charge in [0, 0.05) is 24.7 Å². The second kappa shape index (κ2) is 7.09. The topological polar surface area (TPSA) is 124 Å². The summed E-state index contributed by atoms with van der Waals surface area (Å²) in [5, 5.41) is 9.12. The first-order valence-electron chi connectivity index (χ1n) is 9.31. The van der Waals surface area contributed by atoms with E-state index >= 15 is 0 Å². The van der Waals surface area contributed by atoms with Crippen molar-refractivity contribution in [1.29, 1.82) is 0 Å². The lowest BCUT2D eigenvalue weighted by Gasteiger charge is -2.13. The zero-order valence-electron chi connectivity index (χ0n) is 16.3. The molecule has 0 aliphatic carbocycles. The summed E-state index contributed by atoms with van der Waals surface area (Å²) in [6.07, 6.45) is 5.35. The van der Waals surface area contributed by atoms with Crippen molar-refractivity contribution in [2.24, 2.45) is 7.05 Å². The third-order valence-corrected chi connectivity index (χ3v) is 6.23. The van der Waals surface area contributed by atoms with Crippen molar-refractivity contribution < 1.29 is 17.9 Å². The number of anilines is 2. The van der Waals surface area contributed by atoms with Gasteiger partial charge in [0.2, 0.25) is 0 Å². The molecule has 158 valence electrons. The van der Waals surface area contributed by atoms with E-state index in [1.54, 1.807) is 42.2 Å². The molecule has 0 saturated carbocycles. The normalized spacial score (nSPS) is 14.2. The summed E-state index contributed by atoms with van der Waals surface area (Å²) in [5.41, 5.74) is 1.68. The number of sulfonamides is 1. The molecule has 1 aromatic carbocycles. The van der Waals surface area contributed by atoms with Gasteiger partial charge in [0.25, 0.3) is 10.0 Å². The number of rotatable bonds is 5. The monoisotopic (exact) mass is 439 g/mol. The van der Waals surface area contributed by atoms with E-state index < -0.39 is 16.1 Å². The smallest absolute Gasteiger partial charge is 0.414 e. The summed E-state index contributed by atoms with van der Waals surface area (Å²) in [7, 11) is -2.16. The Morgan fingerprint density at radius 1 is 1.16 bits per heavy atom. The number of carbonyl (C=O) groups excluding carboxylic acids is 1. The minimum absolute atomic E-state index is 0.0283. The van der Waals surface area contributed by atoms with Gasteiger partial charge in [-0.25, -0.2) is 22.9 Å². The minimum atomic E-state index is -3.91. The van der Waals surface area contributed by atoms with Crippen LogP contribution in [0, 0.1) is 0 Å². The van der Waals surface area contributed by atoms with Crippen LogP contribution < -0.4 is 9.62 Å². The van der Waals surface area contributed by atoms with Gasteiger partial charge in [0.1, 0.15) is 11.5 Å². The van der Waals surface area contributed by atoms with E-state index in [1.165, 1.54) is 28.2 Å². The van der Waals surface area contributed by atoms with Gasteiger partial charge in [-0.2, -0.15) is 10.2 Å². The largest absolute Gasteiger partial charge is 0.447 e. The highest BCUT2D eigenvalue weighted by Crippen LogP contribution is 2.26. The average molecular weight is 439 g/mol. The number of aryl methyl sites for hydroxylation is 1. The highest BCUT2D eigenvalue weighted by Gasteiger charge is 2.24. The fraction of sp³-hybridized carbons (Fsp3) is 0.158. The molecule has 0 unspecified atom stereocenters. The Hall–Kier alpha value is -3.93. The molecule has 1 aliphatic heterocycles. The number of nitrogens with one attached hydrogen (secondary N) is 1. The van der Waals surface area contributed by atoms with E-state index in [9.17, 15) is 13.2 Å². The molecule has 1 aliphatic rings. The van der Waals surface area contributed by atoms with Crippen molar-refractivity contribution in [3.05, 3.63) is 55.1 Å². The first-order chi connectivity index (χ1) is 14.9. The van der Waals surface area contributed by atoms with Crippen molar-refractivity contribution in [2.75, 3.05) is 22.8 Å². The van der Waals surface area contributed by atoms with Crippen LogP contribution in [-0.2, 0) is 21.8 Å². The van der Waals surface area contributed by atoms with Crippen LogP contribution in [-0.4, -0.2) is 52.2 Å². The van der Waals surface area contributed by atoms with Crippen molar-refractivity contribution in [3.8, 4) is 5.82 Å². The van der Waals surface area contributed by atoms with E-state index in [1.807, 2.05) is 6.07 Å². The third-order valence-electron chi connectivity index (χ3n) is 4.91. The van der Waals surface area contributed by atoms with E-state index in [-0.39, 0.29) is 4.90 Å². The molecular formula is C19H17N7O4S. The van der Waals surface area contributed by atoms with E-state index in [4.69, 9.17) is 4.74 Å². The zero-order valence-corrected chi connectivity index (χ0v) is 17.2.